The van der Waals surface area contributed by atoms with Crippen molar-refractivity contribution in [2.24, 2.45) is 5.73 Å². The third kappa shape index (κ3) is 4.09. The number of carbonyl (C=O) groups excluding carboxylic acids is 2. The molecule has 0 saturated heterocycles. The predicted molar refractivity (Wildman–Crippen MR) is 101 cm³/mol. The number of hydrogen-bond donors (Lipinski definition) is 3. The Kier molecular flexibility index (Phi) is 5.88. The van der Waals surface area contributed by atoms with Crippen LogP contribution in [0, 0.1) is 17.0 Å². The molecule has 1 heterocycles. The second-order valence-corrected chi connectivity index (χ2v) is 6.45. The molecule has 4 N–H and O–H groups in total. The molecule has 2 aromatic rings. The summed E-state index contributed by atoms with van der Waals surface area (Å²) in [5.41, 5.74) is 6.24. The maximum Gasteiger partial charge on any atom is 0.270 e. The van der Waals surface area contributed by atoms with E-state index in [9.17, 15) is 18.4 Å². The van der Waals surface area contributed by atoms with Crippen LogP contribution < -0.4 is 11.1 Å². The molecule has 1 atom stereocenters. The number of nitrogens with two attached hydrogens (primary N) is 1. The lowest BCUT2D eigenvalue weighted by Gasteiger charge is -2.26. The maximum atomic E-state index is 14.0. The van der Waals surface area contributed by atoms with Crippen LogP contribution in [0.2, 0.25) is 0 Å². The van der Waals surface area contributed by atoms with Gasteiger partial charge in [0, 0.05) is 24.3 Å². The molecule has 7 nitrogen and oxygen atoms in total. The summed E-state index contributed by atoms with van der Waals surface area (Å²) in [6.45, 7) is 1.65. The molecular weight excluding hydrogens is 382 g/mol. The van der Waals surface area contributed by atoms with Gasteiger partial charge < -0.3 is 20.7 Å². The number of amidine groups is 1. The van der Waals surface area contributed by atoms with Gasteiger partial charge in [-0.25, -0.2) is 8.78 Å². The molecule has 3 rings (SSSR count). The molecule has 152 valence electrons. The Morgan fingerprint density at radius 3 is 2.48 bits per heavy atom. The fraction of sp³-hybridized carbons (Fsp3) is 0.250. The van der Waals surface area contributed by atoms with E-state index in [1.165, 1.54) is 0 Å². The van der Waals surface area contributed by atoms with Crippen molar-refractivity contribution in [2.45, 2.75) is 26.2 Å². The summed E-state index contributed by atoms with van der Waals surface area (Å²) < 4.78 is 33.5. The van der Waals surface area contributed by atoms with Crippen LogP contribution in [0.3, 0.4) is 0 Å². The van der Waals surface area contributed by atoms with E-state index in [-0.39, 0.29) is 36.7 Å². The highest BCUT2D eigenvalue weighted by Gasteiger charge is 2.40. The van der Waals surface area contributed by atoms with Gasteiger partial charge in [-0.1, -0.05) is 24.3 Å². The van der Waals surface area contributed by atoms with Gasteiger partial charge in [-0.3, -0.25) is 15.0 Å². The van der Waals surface area contributed by atoms with E-state index < -0.39 is 29.7 Å². The van der Waals surface area contributed by atoms with E-state index in [1.54, 1.807) is 31.2 Å². The Labute approximate surface area is 166 Å². The first-order valence-electron chi connectivity index (χ1n) is 8.94. The Morgan fingerprint density at radius 2 is 1.90 bits per heavy atom. The van der Waals surface area contributed by atoms with Crippen LogP contribution in [0.25, 0.3) is 0 Å². The summed E-state index contributed by atoms with van der Waals surface area (Å²) in [4.78, 5) is 26.3. The molecule has 0 aliphatic carbocycles. The van der Waals surface area contributed by atoms with Crippen LogP contribution >= 0.6 is 0 Å². The number of benzene rings is 2. The molecule has 0 fully saturated rings. The number of hydrogen-bond acceptors (Lipinski definition) is 4. The van der Waals surface area contributed by atoms with Crippen molar-refractivity contribution in [3.05, 3.63) is 70.3 Å². The first kappa shape index (κ1) is 20.4. The topological polar surface area (TPSA) is 109 Å². The van der Waals surface area contributed by atoms with Crippen molar-refractivity contribution >= 4 is 17.6 Å². The van der Waals surface area contributed by atoms with E-state index in [1.807, 2.05) is 0 Å². The molecule has 9 heteroatoms. The summed E-state index contributed by atoms with van der Waals surface area (Å²) in [7, 11) is 0. The van der Waals surface area contributed by atoms with E-state index in [0.29, 0.717) is 5.56 Å². The fourth-order valence-corrected chi connectivity index (χ4v) is 3.10. The number of nitrogens with zero attached hydrogens (tertiary/aromatic N) is 1. The van der Waals surface area contributed by atoms with Gasteiger partial charge in [0.1, 0.15) is 17.5 Å². The van der Waals surface area contributed by atoms with Crippen molar-refractivity contribution in [3.63, 3.8) is 0 Å². The van der Waals surface area contributed by atoms with E-state index >= 15 is 0 Å². The van der Waals surface area contributed by atoms with E-state index in [0.717, 1.165) is 22.6 Å². The summed E-state index contributed by atoms with van der Waals surface area (Å²) in [5, 5.41) is 10.0. The van der Waals surface area contributed by atoms with Crippen LogP contribution in [-0.2, 0) is 22.6 Å². The van der Waals surface area contributed by atoms with Crippen molar-refractivity contribution < 1.29 is 23.1 Å². The lowest BCUT2D eigenvalue weighted by molar-refractivity contribution is -0.143. The Balaban J connectivity index is 1.73. The van der Waals surface area contributed by atoms with Gasteiger partial charge in [0.25, 0.3) is 11.8 Å². The zero-order valence-corrected chi connectivity index (χ0v) is 15.7. The largest absolute Gasteiger partial charge is 0.384 e. The smallest absolute Gasteiger partial charge is 0.270 e. The molecule has 1 aliphatic rings. The average Bonchev–Trinajstić information content (AvgIpc) is 3.05. The lowest BCUT2D eigenvalue weighted by atomic mass is 10.1. The average molecular weight is 402 g/mol. The van der Waals surface area contributed by atoms with Crippen LogP contribution in [0.15, 0.2) is 36.4 Å². The Hall–Kier alpha value is -3.33. The zero-order valence-electron chi connectivity index (χ0n) is 15.7. The van der Waals surface area contributed by atoms with Crippen LogP contribution in [0.4, 0.5) is 8.78 Å². The van der Waals surface area contributed by atoms with E-state index in [4.69, 9.17) is 15.9 Å². The fourth-order valence-electron chi connectivity index (χ4n) is 3.10. The summed E-state index contributed by atoms with van der Waals surface area (Å²) in [6, 6.07) is 8.54. The first-order chi connectivity index (χ1) is 13.8. The number of halogens is 2. The highest BCUT2D eigenvalue weighted by molar-refractivity contribution is 6.01. The normalized spacial score (nSPS) is 13.9. The number of rotatable bonds is 7. The number of fused-ring (bicyclic) bond motifs is 1. The van der Waals surface area contributed by atoms with Gasteiger partial charge in [-0.05, 0) is 24.6 Å². The molecule has 0 saturated carbocycles. The second kappa shape index (κ2) is 8.36. The van der Waals surface area contributed by atoms with Crippen molar-refractivity contribution in [2.75, 3.05) is 6.61 Å². The van der Waals surface area contributed by atoms with Gasteiger partial charge in [-0.15, -0.1) is 0 Å². The molecular formula is C20H20F2N4O3. The Morgan fingerprint density at radius 1 is 1.24 bits per heavy atom. The third-order valence-corrected chi connectivity index (χ3v) is 4.57. The molecule has 0 radical (unpaired) electrons. The Bertz CT molecular complexity index is 963. The van der Waals surface area contributed by atoms with Crippen molar-refractivity contribution in [1.29, 1.82) is 5.41 Å². The molecule has 2 aromatic carbocycles. The minimum absolute atomic E-state index is 0.0661. The second-order valence-electron chi connectivity index (χ2n) is 6.45. The van der Waals surface area contributed by atoms with Crippen LogP contribution in [-0.4, -0.2) is 35.4 Å². The number of carbonyl (C=O) groups is 2. The van der Waals surface area contributed by atoms with E-state index in [2.05, 4.69) is 5.32 Å². The molecule has 0 spiro atoms. The highest BCUT2D eigenvalue weighted by atomic mass is 19.1. The molecule has 0 unspecified atom stereocenters. The summed E-state index contributed by atoms with van der Waals surface area (Å²) in [6.07, 6.45) is -1.32. The SMILES string of the molecule is CCO[C@@H](C(=O)NCc1ccc(C(=N)N)cc1)N1Cc2c(F)ccc(F)c2C1=O. The number of nitrogen functional groups attached to an aromatic ring is 1. The molecule has 29 heavy (non-hydrogen) atoms. The van der Waals surface area contributed by atoms with Gasteiger partial charge in [0.05, 0.1) is 12.1 Å². The van der Waals surface area contributed by atoms with Gasteiger partial charge in [0.15, 0.2) is 0 Å². The summed E-state index contributed by atoms with van der Waals surface area (Å²) in [5.74, 6) is -3.02. The summed E-state index contributed by atoms with van der Waals surface area (Å²) >= 11 is 0. The number of ether oxygens (including phenoxy) is 1. The first-order valence-corrected chi connectivity index (χ1v) is 8.94. The predicted octanol–water partition coefficient (Wildman–Crippen LogP) is 1.88. The lowest BCUT2D eigenvalue weighted by Crippen LogP contribution is -2.48. The van der Waals surface area contributed by atoms with Gasteiger partial charge in [0.2, 0.25) is 6.23 Å². The molecule has 1 aliphatic heterocycles. The molecule has 0 bridgehead atoms. The third-order valence-electron chi connectivity index (χ3n) is 4.57. The maximum absolute atomic E-state index is 14.0. The minimum atomic E-state index is -1.32. The van der Waals surface area contributed by atoms with Crippen molar-refractivity contribution in [1.82, 2.24) is 10.2 Å². The van der Waals surface area contributed by atoms with Crippen LogP contribution in [0.1, 0.15) is 34.0 Å². The van der Waals surface area contributed by atoms with Crippen molar-refractivity contribution in [3.8, 4) is 0 Å². The van der Waals surface area contributed by atoms with Crippen LogP contribution in [0.5, 0.6) is 0 Å². The monoisotopic (exact) mass is 402 g/mol. The number of amides is 2. The highest BCUT2D eigenvalue weighted by Crippen LogP contribution is 2.29. The molecule has 2 amide bonds. The van der Waals surface area contributed by atoms with Gasteiger partial charge in [-0.2, -0.15) is 0 Å². The van der Waals surface area contributed by atoms with Gasteiger partial charge >= 0.3 is 0 Å². The minimum Gasteiger partial charge on any atom is -0.384 e. The quantitative estimate of drug-likeness (QED) is 0.485. The zero-order chi connectivity index (χ0) is 21.1. The number of nitrogens with one attached hydrogen (secondary N) is 2. The standard InChI is InChI=1S/C20H20F2N4O3/c1-2-29-20(18(27)25-9-11-3-5-12(6-4-11)17(23)24)26-10-13-14(21)7-8-15(22)16(13)19(26)28/h3-8,20H,2,9-10H2,1H3,(H3,23,24)(H,25,27)/t20-/m0/s1. The molecule has 0 aromatic heterocycles.